The van der Waals surface area contributed by atoms with Crippen molar-refractivity contribution in [1.29, 1.82) is 0 Å². The molecule has 1 heterocycles. The van der Waals surface area contributed by atoms with Gasteiger partial charge in [-0.25, -0.2) is 0 Å². The van der Waals surface area contributed by atoms with Gasteiger partial charge in [-0.3, -0.25) is 24.0 Å². The molecule has 4 aliphatic carbocycles. The molecule has 4 aliphatic rings. The number of aromatic hydroxyl groups is 1. The number of aliphatic hydroxyl groups excluding tert-OH is 2. The molecule has 10 nitrogen and oxygen atoms in total. The Morgan fingerprint density at radius 2 is 1.52 bits per heavy atom. The molecule has 46 heavy (non-hydrogen) atoms. The highest BCUT2D eigenvalue weighted by molar-refractivity contribution is 6.05. The lowest BCUT2D eigenvalue weighted by Gasteiger charge is -2.28. The van der Waals surface area contributed by atoms with Gasteiger partial charge in [-0.15, -0.1) is 0 Å². The molecule has 3 aromatic rings. The molecule has 1 unspecified atom stereocenters. The Hall–Kier alpha value is -6.03. The molecule has 0 bridgehead atoms. The van der Waals surface area contributed by atoms with Crippen molar-refractivity contribution in [1.82, 2.24) is 4.98 Å². The summed E-state index contributed by atoms with van der Waals surface area (Å²) < 4.78 is 4.94. The first-order chi connectivity index (χ1) is 22.1. The van der Waals surface area contributed by atoms with E-state index in [2.05, 4.69) is 4.98 Å². The van der Waals surface area contributed by atoms with Crippen LogP contribution in [0.5, 0.6) is 11.5 Å². The van der Waals surface area contributed by atoms with Gasteiger partial charge < -0.3 is 25.0 Å². The molecule has 0 saturated heterocycles. The Labute approximate surface area is 257 Å². The van der Waals surface area contributed by atoms with E-state index in [4.69, 9.17) is 4.74 Å². The van der Waals surface area contributed by atoms with Crippen LogP contribution >= 0.6 is 0 Å². The first-order valence-electron chi connectivity index (χ1n) is 14.4. The lowest BCUT2D eigenvalue weighted by Crippen LogP contribution is -2.51. The minimum absolute atomic E-state index is 0.0436. The topological polar surface area (TPSA) is 171 Å². The number of aliphatic hydroxyl groups is 2. The number of H-pyrrole nitrogens is 1. The van der Waals surface area contributed by atoms with Crippen LogP contribution in [0, 0.1) is 10.4 Å². The Balaban J connectivity index is 1.68. The van der Waals surface area contributed by atoms with E-state index in [9.17, 15) is 39.3 Å². The maximum absolute atomic E-state index is 13.8. The van der Waals surface area contributed by atoms with Crippen LogP contribution in [0.25, 0.3) is 39.5 Å². The standard InChI is InChI=1S/C36H25NO9/c1-3-4-6-11-17-14-19-22(16-9-7-5-8-10-16)18-12-13-36(28(18)32(42)23(19)35(45)37-17)33(43)26-27(34(36)44)31(41)25-24(30(26)40)20(38)15-21(46-2)29(25)39/h3-11,14-15,42-44H,12-13H2,1-2H3,(H,37,45)/b4-3+,11-6+. The summed E-state index contributed by atoms with van der Waals surface area (Å²) in [4.78, 5) is 70.0. The fourth-order valence-corrected chi connectivity index (χ4v) is 7.16. The monoisotopic (exact) mass is 615 g/mol. The van der Waals surface area contributed by atoms with Crippen molar-refractivity contribution in [2.24, 2.45) is 0 Å². The molecule has 0 amide bonds. The Kier molecular flexibility index (Phi) is 6.24. The summed E-state index contributed by atoms with van der Waals surface area (Å²) in [6.45, 7) is 1.85. The largest absolute Gasteiger partial charge is 0.510 e. The van der Waals surface area contributed by atoms with Crippen LogP contribution < -0.4 is 42.4 Å². The highest BCUT2D eigenvalue weighted by Gasteiger charge is 2.54. The number of benzene rings is 2. The van der Waals surface area contributed by atoms with E-state index in [0.29, 0.717) is 27.8 Å². The van der Waals surface area contributed by atoms with Crippen molar-refractivity contribution >= 4 is 28.4 Å². The van der Waals surface area contributed by atoms with Crippen LogP contribution in [0.15, 0.2) is 84.7 Å². The van der Waals surface area contributed by atoms with Crippen LogP contribution in [0.2, 0.25) is 0 Å². The summed E-state index contributed by atoms with van der Waals surface area (Å²) in [6.07, 6.45) is 7.12. The Morgan fingerprint density at radius 1 is 0.848 bits per heavy atom. The van der Waals surface area contributed by atoms with E-state index in [-0.39, 0.29) is 23.8 Å². The molecule has 228 valence electrons. The highest BCUT2D eigenvalue weighted by atomic mass is 16.5. The van der Waals surface area contributed by atoms with Gasteiger partial charge in [-0.2, -0.15) is 0 Å². The molecule has 1 atom stereocenters. The first kappa shape index (κ1) is 28.7. The molecule has 0 fully saturated rings. The Morgan fingerprint density at radius 3 is 2.17 bits per heavy atom. The summed E-state index contributed by atoms with van der Waals surface area (Å²) in [6, 6.07) is 11.6. The number of aromatic amines is 1. The second-order valence-electron chi connectivity index (χ2n) is 11.3. The Bertz CT molecular complexity index is 2720. The molecule has 1 aromatic heterocycles. The van der Waals surface area contributed by atoms with Crippen LogP contribution in [0.1, 0.15) is 30.2 Å². The summed E-state index contributed by atoms with van der Waals surface area (Å²) in [5.41, 5.74) is -4.71. The number of methoxy groups -OCH3 is 1. The molecule has 0 saturated carbocycles. The normalized spacial score (nSPS) is 17.3. The minimum Gasteiger partial charge on any atom is -0.510 e. The van der Waals surface area contributed by atoms with Crippen molar-refractivity contribution < 1.29 is 20.1 Å². The SMILES string of the molecule is C/C=C/C=C/c1cc2c(-c3ccccc3)c3c(c(O)c2c(=O)[nH]1)C1(CC3)C(O)=c2c(=O)c3c(=O)cc(OC)c(=O)c=3c(=O)c2=C1O. The maximum atomic E-state index is 13.8. The van der Waals surface area contributed by atoms with Crippen molar-refractivity contribution in [2.45, 2.75) is 25.2 Å². The number of phenols is 1. The summed E-state index contributed by atoms with van der Waals surface area (Å²) in [7, 11) is 1.13. The fraction of sp³-hybridized carbons (Fsp3) is 0.139. The molecule has 4 N–H and O–H groups in total. The highest BCUT2D eigenvalue weighted by Crippen LogP contribution is 2.56. The lowest BCUT2D eigenvalue weighted by atomic mass is 9.77. The number of nitrogens with one attached hydrogen (secondary N) is 1. The van der Waals surface area contributed by atoms with E-state index in [1.54, 1.807) is 36.4 Å². The third kappa shape index (κ3) is 3.55. The van der Waals surface area contributed by atoms with E-state index < -0.39 is 76.6 Å². The molecule has 10 heteroatoms. The van der Waals surface area contributed by atoms with Crippen molar-refractivity contribution in [3.8, 4) is 22.6 Å². The van der Waals surface area contributed by atoms with Crippen LogP contribution in [-0.2, 0) is 11.8 Å². The fourth-order valence-electron chi connectivity index (χ4n) is 7.16. The molecule has 2 aromatic carbocycles. The van der Waals surface area contributed by atoms with Crippen LogP contribution in [0.3, 0.4) is 0 Å². The average Bonchev–Trinajstić information content (AvgIpc) is 3.54. The summed E-state index contributed by atoms with van der Waals surface area (Å²) in [5.74, 6) is -2.50. The number of phenolic OH excluding ortho intramolecular Hbond substituents is 1. The number of fused-ring (bicyclic) bond motifs is 4. The third-order valence-electron chi connectivity index (χ3n) is 9.09. The lowest BCUT2D eigenvalue weighted by molar-refractivity contribution is 0.362. The van der Waals surface area contributed by atoms with Crippen molar-refractivity contribution in [3.05, 3.63) is 150 Å². The van der Waals surface area contributed by atoms with Crippen molar-refractivity contribution in [2.75, 3.05) is 7.11 Å². The molecule has 7 rings (SSSR count). The molecule has 1 spiro atoms. The van der Waals surface area contributed by atoms with Gasteiger partial charge in [0.1, 0.15) is 22.7 Å². The van der Waals surface area contributed by atoms with Gasteiger partial charge in [-0.05, 0) is 48.6 Å². The maximum Gasteiger partial charge on any atom is 0.260 e. The quantitative estimate of drug-likeness (QED) is 0.220. The summed E-state index contributed by atoms with van der Waals surface area (Å²) in [5, 5.41) is 33.1. The zero-order chi connectivity index (χ0) is 32.7. The van der Waals surface area contributed by atoms with Gasteiger partial charge in [0.15, 0.2) is 11.2 Å². The molecular weight excluding hydrogens is 590 g/mol. The number of allylic oxidation sites excluding steroid dienone is 3. The first-order valence-corrected chi connectivity index (χ1v) is 14.4. The van der Waals surface area contributed by atoms with E-state index in [1.165, 1.54) is 0 Å². The van der Waals surface area contributed by atoms with Gasteiger partial charge in [0.25, 0.3) is 5.56 Å². The zero-order valence-corrected chi connectivity index (χ0v) is 24.6. The average molecular weight is 616 g/mol. The zero-order valence-electron chi connectivity index (χ0n) is 24.6. The number of ether oxygens (including phenoxy) is 1. The van der Waals surface area contributed by atoms with E-state index >= 15 is 0 Å². The minimum atomic E-state index is -2.01. The number of pyridine rings is 1. The predicted molar refractivity (Wildman–Crippen MR) is 173 cm³/mol. The molecule has 0 radical (unpaired) electrons. The van der Waals surface area contributed by atoms with Gasteiger partial charge >= 0.3 is 0 Å². The number of aromatic nitrogens is 1. The second-order valence-corrected chi connectivity index (χ2v) is 11.3. The number of hydrogen-bond acceptors (Lipinski definition) is 9. The van der Waals surface area contributed by atoms with Gasteiger partial charge in [-0.1, -0.05) is 48.6 Å². The number of rotatable bonds is 4. The van der Waals surface area contributed by atoms with Crippen molar-refractivity contribution in [3.63, 3.8) is 0 Å². The summed E-state index contributed by atoms with van der Waals surface area (Å²) >= 11 is 0. The number of hydrogen-bond donors (Lipinski definition) is 4. The van der Waals surface area contributed by atoms with Gasteiger partial charge in [0.2, 0.25) is 16.3 Å². The molecular formula is C36H25NO9. The third-order valence-corrected chi connectivity index (χ3v) is 9.09. The van der Waals surface area contributed by atoms with Gasteiger partial charge in [0.05, 0.1) is 33.4 Å². The van der Waals surface area contributed by atoms with Gasteiger partial charge in [0, 0.05) is 22.7 Å². The predicted octanol–water partition coefficient (Wildman–Crippen LogP) is 1.77. The van der Waals surface area contributed by atoms with E-state index in [0.717, 1.165) is 13.2 Å². The van der Waals surface area contributed by atoms with Crippen LogP contribution in [0.4, 0.5) is 0 Å². The molecule has 0 aliphatic heterocycles. The van der Waals surface area contributed by atoms with Crippen LogP contribution in [-0.4, -0.2) is 27.4 Å². The second kappa shape index (κ2) is 10.00. The smallest absolute Gasteiger partial charge is 0.260 e. The van der Waals surface area contributed by atoms with E-state index in [1.807, 2.05) is 31.2 Å².